The molecule has 1 aromatic rings. The Morgan fingerprint density at radius 3 is 2.67 bits per heavy atom. The second kappa shape index (κ2) is 4.72. The van der Waals surface area contributed by atoms with Crippen molar-refractivity contribution in [2.75, 3.05) is 13.1 Å². The van der Waals surface area contributed by atoms with Crippen LogP contribution in [0.15, 0.2) is 24.3 Å². The molecular weight excluding hydrogens is 224 g/mol. The number of aliphatic hydroxyl groups excluding tert-OH is 1. The molecule has 1 aromatic carbocycles. The molecule has 3 nitrogen and oxygen atoms in total. The Balaban J connectivity index is 1.64. The van der Waals surface area contributed by atoms with E-state index < -0.39 is 6.10 Å². The van der Waals surface area contributed by atoms with Gasteiger partial charge in [-0.3, -0.25) is 4.90 Å². The summed E-state index contributed by atoms with van der Waals surface area (Å²) in [5, 5.41) is 19.0. The van der Waals surface area contributed by atoms with Crippen molar-refractivity contribution < 1.29 is 5.11 Å². The molecule has 2 bridgehead atoms. The van der Waals surface area contributed by atoms with E-state index in [0.29, 0.717) is 11.6 Å². The summed E-state index contributed by atoms with van der Waals surface area (Å²) < 4.78 is 0. The molecule has 0 amide bonds. The van der Waals surface area contributed by atoms with Crippen LogP contribution in [0.5, 0.6) is 0 Å². The Hall–Kier alpha value is -1.37. The molecule has 3 unspecified atom stereocenters. The van der Waals surface area contributed by atoms with E-state index in [1.807, 2.05) is 12.1 Å². The zero-order valence-corrected chi connectivity index (χ0v) is 10.4. The van der Waals surface area contributed by atoms with Crippen LogP contribution in [0.4, 0.5) is 0 Å². The summed E-state index contributed by atoms with van der Waals surface area (Å²) in [7, 11) is 0. The van der Waals surface area contributed by atoms with E-state index in [-0.39, 0.29) is 0 Å². The minimum atomic E-state index is -0.433. The number of β-amino-alcohol motifs (C(OH)–C–C–N with tert-alkyl or cyclic N) is 1. The number of likely N-dealkylation sites (tertiary alicyclic amines) is 1. The molecule has 2 fully saturated rings. The number of hydrogen-bond donors (Lipinski definition) is 1. The Kier molecular flexibility index (Phi) is 3.07. The summed E-state index contributed by atoms with van der Waals surface area (Å²) in [6.07, 6.45) is 3.55. The van der Waals surface area contributed by atoms with Gasteiger partial charge >= 0.3 is 0 Å². The Labute approximate surface area is 108 Å². The van der Waals surface area contributed by atoms with Crippen LogP contribution in [0.1, 0.15) is 36.5 Å². The lowest BCUT2D eigenvalue weighted by Gasteiger charge is -2.28. The molecule has 1 saturated heterocycles. The van der Waals surface area contributed by atoms with Gasteiger partial charge in [0.2, 0.25) is 0 Å². The third-order valence-electron chi connectivity index (χ3n) is 4.35. The van der Waals surface area contributed by atoms with Crippen LogP contribution in [-0.4, -0.2) is 29.1 Å². The molecule has 0 radical (unpaired) electrons. The van der Waals surface area contributed by atoms with E-state index in [2.05, 4.69) is 11.0 Å². The van der Waals surface area contributed by atoms with E-state index in [9.17, 15) is 5.11 Å². The summed E-state index contributed by atoms with van der Waals surface area (Å²) in [5.41, 5.74) is 1.56. The SMILES string of the molecule is N#Cc1ccc(C(O)CN2CC3CCC2C3)cc1. The van der Waals surface area contributed by atoms with Crippen molar-refractivity contribution in [2.45, 2.75) is 31.4 Å². The third kappa shape index (κ3) is 2.14. The molecule has 3 atom stereocenters. The summed E-state index contributed by atoms with van der Waals surface area (Å²) in [4.78, 5) is 2.43. The molecule has 2 aliphatic rings. The van der Waals surface area contributed by atoms with Crippen molar-refractivity contribution in [3.63, 3.8) is 0 Å². The van der Waals surface area contributed by atoms with Crippen LogP contribution in [0.25, 0.3) is 0 Å². The van der Waals surface area contributed by atoms with Crippen LogP contribution < -0.4 is 0 Å². The first kappa shape index (κ1) is 11.7. The number of benzene rings is 1. The van der Waals surface area contributed by atoms with Crippen LogP contribution >= 0.6 is 0 Å². The first-order valence-corrected chi connectivity index (χ1v) is 6.68. The van der Waals surface area contributed by atoms with Crippen molar-refractivity contribution in [1.29, 1.82) is 5.26 Å². The highest BCUT2D eigenvalue weighted by molar-refractivity contribution is 5.32. The first-order valence-electron chi connectivity index (χ1n) is 6.68. The molecule has 0 spiro atoms. The van der Waals surface area contributed by atoms with Crippen molar-refractivity contribution >= 4 is 0 Å². The predicted molar refractivity (Wildman–Crippen MR) is 68.8 cm³/mol. The number of nitrogens with zero attached hydrogens (tertiary/aromatic N) is 2. The van der Waals surface area contributed by atoms with Gasteiger partial charge in [0.1, 0.15) is 0 Å². The number of hydrogen-bond acceptors (Lipinski definition) is 3. The zero-order valence-electron chi connectivity index (χ0n) is 10.4. The van der Waals surface area contributed by atoms with Gasteiger partial charge in [0.15, 0.2) is 0 Å². The van der Waals surface area contributed by atoms with E-state index >= 15 is 0 Å². The highest BCUT2D eigenvalue weighted by Gasteiger charge is 2.38. The van der Waals surface area contributed by atoms with Crippen LogP contribution in [0, 0.1) is 17.2 Å². The molecule has 1 N–H and O–H groups in total. The molecule has 94 valence electrons. The lowest BCUT2D eigenvalue weighted by Crippen LogP contribution is -2.35. The monoisotopic (exact) mass is 242 g/mol. The molecule has 3 heteroatoms. The number of fused-ring (bicyclic) bond motifs is 2. The quantitative estimate of drug-likeness (QED) is 0.882. The maximum Gasteiger partial charge on any atom is 0.0991 e. The highest BCUT2D eigenvalue weighted by atomic mass is 16.3. The second-order valence-corrected chi connectivity index (χ2v) is 5.54. The summed E-state index contributed by atoms with van der Waals surface area (Å²) in [6.45, 7) is 1.88. The molecule has 1 heterocycles. The molecule has 1 aliphatic heterocycles. The summed E-state index contributed by atoms with van der Waals surface area (Å²) in [6, 6.07) is 10.1. The van der Waals surface area contributed by atoms with Gasteiger partial charge in [0, 0.05) is 19.1 Å². The minimum absolute atomic E-state index is 0.433. The van der Waals surface area contributed by atoms with Crippen molar-refractivity contribution in [2.24, 2.45) is 5.92 Å². The Morgan fingerprint density at radius 1 is 1.33 bits per heavy atom. The number of aliphatic hydroxyl groups is 1. The molecule has 1 aliphatic carbocycles. The molecule has 18 heavy (non-hydrogen) atoms. The fraction of sp³-hybridized carbons (Fsp3) is 0.533. The van der Waals surface area contributed by atoms with Gasteiger partial charge in [-0.25, -0.2) is 0 Å². The van der Waals surface area contributed by atoms with Gasteiger partial charge in [0.25, 0.3) is 0 Å². The second-order valence-electron chi connectivity index (χ2n) is 5.54. The van der Waals surface area contributed by atoms with Gasteiger partial charge in [-0.15, -0.1) is 0 Å². The maximum absolute atomic E-state index is 10.2. The van der Waals surface area contributed by atoms with Gasteiger partial charge in [-0.1, -0.05) is 12.1 Å². The maximum atomic E-state index is 10.2. The third-order valence-corrected chi connectivity index (χ3v) is 4.35. The molecule has 1 saturated carbocycles. The van der Waals surface area contributed by atoms with E-state index in [1.54, 1.807) is 12.1 Å². The van der Waals surface area contributed by atoms with Crippen LogP contribution in [0.3, 0.4) is 0 Å². The van der Waals surface area contributed by atoms with Gasteiger partial charge < -0.3 is 5.11 Å². The summed E-state index contributed by atoms with van der Waals surface area (Å²) >= 11 is 0. The normalized spacial score (nSPS) is 28.2. The fourth-order valence-corrected chi connectivity index (χ4v) is 3.36. The Bertz CT molecular complexity index is 462. The van der Waals surface area contributed by atoms with Crippen molar-refractivity contribution in [1.82, 2.24) is 4.90 Å². The van der Waals surface area contributed by atoms with E-state index in [4.69, 9.17) is 5.26 Å². The molecule has 0 aromatic heterocycles. The topological polar surface area (TPSA) is 47.3 Å². The average molecular weight is 242 g/mol. The van der Waals surface area contributed by atoms with Gasteiger partial charge in [0.05, 0.1) is 17.7 Å². The largest absolute Gasteiger partial charge is 0.387 e. The lowest BCUT2D eigenvalue weighted by atomic mass is 10.1. The number of rotatable bonds is 3. The van der Waals surface area contributed by atoms with E-state index in [0.717, 1.165) is 24.6 Å². The minimum Gasteiger partial charge on any atom is -0.387 e. The highest BCUT2D eigenvalue weighted by Crippen LogP contribution is 2.38. The van der Waals surface area contributed by atoms with Crippen molar-refractivity contribution in [3.8, 4) is 6.07 Å². The summed E-state index contributed by atoms with van der Waals surface area (Å²) in [5.74, 6) is 0.864. The number of piperidine rings is 1. The van der Waals surface area contributed by atoms with Gasteiger partial charge in [-0.05, 0) is 42.9 Å². The van der Waals surface area contributed by atoms with Crippen LogP contribution in [0.2, 0.25) is 0 Å². The standard InChI is InChI=1S/C15H18N2O/c16-8-11-1-4-13(5-2-11)15(18)10-17-9-12-3-6-14(17)7-12/h1-2,4-5,12,14-15,18H,3,6-7,9-10H2. The van der Waals surface area contributed by atoms with Crippen molar-refractivity contribution in [3.05, 3.63) is 35.4 Å². The average Bonchev–Trinajstić information content (AvgIpc) is 3.01. The lowest BCUT2D eigenvalue weighted by molar-refractivity contribution is 0.0947. The predicted octanol–water partition coefficient (Wildman–Crippen LogP) is 2.08. The Morgan fingerprint density at radius 2 is 2.11 bits per heavy atom. The molecular formula is C15H18N2O. The van der Waals surface area contributed by atoms with E-state index in [1.165, 1.54) is 19.3 Å². The van der Waals surface area contributed by atoms with Gasteiger partial charge in [-0.2, -0.15) is 5.26 Å². The zero-order chi connectivity index (χ0) is 12.5. The fourth-order valence-electron chi connectivity index (χ4n) is 3.36. The number of nitriles is 1. The van der Waals surface area contributed by atoms with Crippen LogP contribution in [-0.2, 0) is 0 Å². The first-order chi connectivity index (χ1) is 8.76. The molecule has 3 rings (SSSR count). The smallest absolute Gasteiger partial charge is 0.0991 e.